The lowest BCUT2D eigenvalue weighted by Gasteiger charge is -2.37. The third kappa shape index (κ3) is 3.93. The van der Waals surface area contributed by atoms with Crippen LogP contribution in [0, 0.1) is 0 Å². The van der Waals surface area contributed by atoms with E-state index in [1.165, 1.54) is 0 Å². The smallest absolute Gasteiger partial charge is 0.309 e. The van der Waals surface area contributed by atoms with Gasteiger partial charge in [-0.15, -0.1) is 0 Å². The summed E-state index contributed by atoms with van der Waals surface area (Å²) in [6.45, 7) is 7.32. The van der Waals surface area contributed by atoms with Gasteiger partial charge in [0.1, 0.15) is 0 Å². The highest BCUT2D eigenvalue weighted by atomic mass is 16.5. The molecule has 0 spiro atoms. The molecule has 1 aromatic carbocycles. The van der Waals surface area contributed by atoms with Gasteiger partial charge in [-0.25, -0.2) is 0 Å². The summed E-state index contributed by atoms with van der Waals surface area (Å²) in [6, 6.07) is 14.0. The maximum absolute atomic E-state index is 10.1. The number of aliphatic hydroxyl groups is 1. The summed E-state index contributed by atoms with van der Waals surface area (Å²) in [6.07, 6.45) is 1.79. The maximum atomic E-state index is 10.1. The van der Waals surface area contributed by atoms with Crippen molar-refractivity contribution in [3.8, 4) is 11.3 Å². The van der Waals surface area contributed by atoms with Crippen LogP contribution in [0.4, 0.5) is 0 Å². The van der Waals surface area contributed by atoms with Crippen LogP contribution in [0.3, 0.4) is 0 Å². The van der Waals surface area contributed by atoms with Crippen molar-refractivity contribution in [3.63, 3.8) is 0 Å². The normalized spacial score (nSPS) is 12.2. The van der Waals surface area contributed by atoms with Crippen LogP contribution in [0.15, 0.2) is 48.7 Å². The number of rotatable bonds is 5. The van der Waals surface area contributed by atoms with E-state index in [1.54, 1.807) is 20.0 Å². The molecule has 0 unspecified atom stereocenters. The molecule has 1 heterocycles. The first-order valence-corrected chi connectivity index (χ1v) is 7.16. The van der Waals surface area contributed by atoms with Crippen molar-refractivity contribution in [1.82, 2.24) is 4.98 Å². The van der Waals surface area contributed by atoms with Gasteiger partial charge in [0.2, 0.25) is 0 Å². The standard InChI is InChI=1S/C17H22BNO2/c1-16(2,20)17(3,4)21-18-14-9-7-8-13(12-14)15-10-5-6-11-19-15/h5-12,18,20H,1-4H3. The lowest BCUT2D eigenvalue weighted by Crippen LogP contribution is -2.49. The second kappa shape index (κ2) is 6.00. The average Bonchev–Trinajstić information content (AvgIpc) is 2.45. The Morgan fingerprint density at radius 1 is 1.05 bits per heavy atom. The van der Waals surface area contributed by atoms with Crippen LogP contribution < -0.4 is 5.46 Å². The summed E-state index contributed by atoms with van der Waals surface area (Å²) in [5.74, 6) is 0. The van der Waals surface area contributed by atoms with Crippen molar-refractivity contribution in [3.05, 3.63) is 48.7 Å². The molecule has 21 heavy (non-hydrogen) atoms. The van der Waals surface area contributed by atoms with Gasteiger partial charge in [0.15, 0.2) is 0 Å². The van der Waals surface area contributed by atoms with Crippen molar-refractivity contribution in [2.24, 2.45) is 0 Å². The molecule has 1 aromatic heterocycles. The van der Waals surface area contributed by atoms with Crippen LogP contribution in [0.5, 0.6) is 0 Å². The molecule has 0 aliphatic rings. The first-order valence-electron chi connectivity index (χ1n) is 7.16. The van der Waals surface area contributed by atoms with E-state index in [1.807, 2.05) is 50.2 Å². The minimum Gasteiger partial charge on any atom is -0.427 e. The summed E-state index contributed by atoms with van der Waals surface area (Å²) in [4.78, 5) is 4.36. The molecule has 1 N–H and O–H groups in total. The number of pyridine rings is 1. The zero-order valence-corrected chi connectivity index (χ0v) is 13.1. The van der Waals surface area contributed by atoms with E-state index in [4.69, 9.17) is 4.65 Å². The van der Waals surface area contributed by atoms with Crippen LogP contribution in [0.1, 0.15) is 27.7 Å². The topological polar surface area (TPSA) is 42.4 Å². The monoisotopic (exact) mass is 283 g/mol. The Labute approximate surface area is 127 Å². The van der Waals surface area contributed by atoms with Crippen molar-refractivity contribution >= 4 is 12.9 Å². The van der Waals surface area contributed by atoms with E-state index in [-0.39, 0.29) is 0 Å². The lowest BCUT2D eigenvalue weighted by molar-refractivity contribution is -0.0893. The van der Waals surface area contributed by atoms with Gasteiger partial charge >= 0.3 is 7.48 Å². The first-order chi connectivity index (χ1) is 9.79. The number of nitrogens with zero attached hydrogens (tertiary/aromatic N) is 1. The van der Waals surface area contributed by atoms with Gasteiger partial charge in [-0.3, -0.25) is 4.98 Å². The summed E-state index contributed by atoms with van der Waals surface area (Å²) in [7, 11) is 0.456. The molecule has 0 aliphatic carbocycles. The average molecular weight is 283 g/mol. The number of aromatic nitrogens is 1. The SMILES string of the molecule is CC(C)(O)C(C)(C)OBc1cccc(-c2ccccn2)c1. The fraction of sp³-hybridized carbons (Fsp3) is 0.353. The van der Waals surface area contributed by atoms with Crippen LogP contribution in [0.2, 0.25) is 0 Å². The molecule has 110 valence electrons. The van der Waals surface area contributed by atoms with Gasteiger partial charge < -0.3 is 9.76 Å². The molecule has 0 atom stereocenters. The Balaban J connectivity index is 2.13. The van der Waals surface area contributed by atoms with Crippen molar-refractivity contribution in [2.75, 3.05) is 0 Å². The van der Waals surface area contributed by atoms with Crippen LogP contribution >= 0.6 is 0 Å². The van der Waals surface area contributed by atoms with E-state index < -0.39 is 11.2 Å². The number of hydrogen-bond acceptors (Lipinski definition) is 3. The predicted molar refractivity (Wildman–Crippen MR) is 87.9 cm³/mol. The second-order valence-corrected chi connectivity index (χ2v) is 6.27. The summed E-state index contributed by atoms with van der Waals surface area (Å²) >= 11 is 0. The lowest BCUT2D eigenvalue weighted by atomic mass is 9.82. The minimum atomic E-state index is -0.897. The molecule has 0 bridgehead atoms. The van der Waals surface area contributed by atoms with E-state index in [0.29, 0.717) is 7.48 Å². The molecule has 2 rings (SSSR count). The number of hydrogen-bond donors (Lipinski definition) is 1. The molecular weight excluding hydrogens is 261 g/mol. The molecule has 0 saturated heterocycles. The zero-order valence-electron chi connectivity index (χ0n) is 13.1. The maximum Gasteiger partial charge on any atom is 0.309 e. The van der Waals surface area contributed by atoms with Gasteiger partial charge in [-0.1, -0.05) is 35.8 Å². The van der Waals surface area contributed by atoms with E-state index in [2.05, 4.69) is 11.1 Å². The van der Waals surface area contributed by atoms with Crippen molar-refractivity contribution in [1.29, 1.82) is 0 Å². The van der Waals surface area contributed by atoms with Crippen molar-refractivity contribution < 1.29 is 9.76 Å². The number of benzene rings is 1. The Morgan fingerprint density at radius 2 is 1.81 bits per heavy atom. The molecule has 3 nitrogen and oxygen atoms in total. The Kier molecular flexibility index (Phi) is 4.50. The molecule has 0 saturated carbocycles. The highest BCUT2D eigenvalue weighted by molar-refractivity contribution is 6.47. The minimum absolute atomic E-state index is 0.456. The zero-order chi connectivity index (χ0) is 15.5. The quantitative estimate of drug-likeness (QED) is 0.856. The molecule has 0 radical (unpaired) electrons. The van der Waals surface area contributed by atoms with Gasteiger partial charge in [0.25, 0.3) is 0 Å². The third-order valence-electron chi connectivity index (χ3n) is 3.96. The van der Waals surface area contributed by atoms with Gasteiger partial charge in [-0.2, -0.15) is 0 Å². The van der Waals surface area contributed by atoms with Gasteiger partial charge in [-0.05, 0) is 45.4 Å². The summed E-state index contributed by atoms with van der Waals surface area (Å²) in [5.41, 5.74) is 1.56. The van der Waals surface area contributed by atoms with E-state index in [9.17, 15) is 5.11 Å². The first kappa shape index (κ1) is 15.7. The molecule has 4 heteroatoms. The Bertz CT molecular complexity index is 591. The highest BCUT2D eigenvalue weighted by Crippen LogP contribution is 2.24. The Hall–Kier alpha value is -1.65. The molecule has 0 fully saturated rings. The molecular formula is C17H22BNO2. The fourth-order valence-electron chi connectivity index (χ4n) is 1.79. The van der Waals surface area contributed by atoms with Gasteiger partial charge in [0, 0.05) is 6.20 Å². The summed E-state index contributed by atoms with van der Waals surface area (Å²) < 4.78 is 5.90. The molecule has 0 aliphatic heterocycles. The second-order valence-electron chi connectivity index (χ2n) is 6.27. The van der Waals surface area contributed by atoms with Crippen LogP contribution in [-0.4, -0.2) is 28.8 Å². The largest absolute Gasteiger partial charge is 0.427 e. The third-order valence-corrected chi connectivity index (χ3v) is 3.96. The Morgan fingerprint density at radius 3 is 2.43 bits per heavy atom. The van der Waals surface area contributed by atoms with Crippen LogP contribution in [0.25, 0.3) is 11.3 Å². The summed E-state index contributed by atoms with van der Waals surface area (Å²) in [5, 5.41) is 10.1. The fourth-order valence-corrected chi connectivity index (χ4v) is 1.79. The van der Waals surface area contributed by atoms with E-state index in [0.717, 1.165) is 16.7 Å². The van der Waals surface area contributed by atoms with Crippen molar-refractivity contribution in [2.45, 2.75) is 38.9 Å². The van der Waals surface area contributed by atoms with E-state index >= 15 is 0 Å². The predicted octanol–water partition coefficient (Wildman–Crippen LogP) is 2.29. The van der Waals surface area contributed by atoms with Crippen LogP contribution in [-0.2, 0) is 4.65 Å². The molecule has 0 amide bonds. The molecule has 2 aromatic rings. The van der Waals surface area contributed by atoms with Gasteiger partial charge in [0.05, 0.1) is 16.9 Å². The highest BCUT2D eigenvalue weighted by Gasteiger charge is 2.35.